The van der Waals surface area contributed by atoms with Crippen molar-refractivity contribution in [3.8, 4) is 67.3 Å². The minimum atomic E-state index is 0.681. The smallest absolute Gasteiger partial charge is 0.161 e. The number of furan rings is 1. The molecule has 0 saturated carbocycles. The van der Waals surface area contributed by atoms with Crippen LogP contribution in [0.15, 0.2) is 199 Å². The average molecular weight is 677 g/mol. The van der Waals surface area contributed by atoms with Crippen molar-refractivity contribution >= 4 is 32.7 Å². The third-order valence-electron chi connectivity index (χ3n) is 10.1. The van der Waals surface area contributed by atoms with Crippen LogP contribution in [0.2, 0.25) is 0 Å². The van der Waals surface area contributed by atoms with Crippen LogP contribution < -0.4 is 0 Å². The molecule has 0 saturated heterocycles. The van der Waals surface area contributed by atoms with Crippen molar-refractivity contribution in [2.45, 2.75) is 0 Å². The van der Waals surface area contributed by atoms with Crippen molar-refractivity contribution in [2.75, 3.05) is 0 Å². The number of nitrogens with zero attached hydrogens (tertiary/aromatic N) is 2. The fraction of sp³-hybridized carbons (Fsp3) is 0. The molecule has 2 aromatic heterocycles. The van der Waals surface area contributed by atoms with Crippen molar-refractivity contribution < 1.29 is 4.42 Å². The molecule has 3 nitrogen and oxygen atoms in total. The molecule has 3 heteroatoms. The molecule has 0 fully saturated rings. The van der Waals surface area contributed by atoms with Crippen LogP contribution in [-0.4, -0.2) is 9.97 Å². The second kappa shape index (κ2) is 12.9. The molecule has 10 rings (SSSR count). The molecule has 248 valence electrons. The Kier molecular flexibility index (Phi) is 7.47. The van der Waals surface area contributed by atoms with E-state index in [1.54, 1.807) is 0 Å². The molecule has 0 aliphatic carbocycles. The molecule has 0 radical (unpaired) electrons. The topological polar surface area (TPSA) is 38.9 Å². The Hall–Kier alpha value is -7.10. The van der Waals surface area contributed by atoms with E-state index in [0.29, 0.717) is 5.82 Å². The normalized spacial score (nSPS) is 11.4. The summed E-state index contributed by atoms with van der Waals surface area (Å²) in [5, 5.41) is 4.63. The summed E-state index contributed by atoms with van der Waals surface area (Å²) in [6, 6.07) is 68.0. The molecular formula is C50H32N2O. The Labute approximate surface area is 307 Å². The zero-order valence-electron chi connectivity index (χ0n) is 28.8. The largest absolute Gasteiger partial charge is 0.456 e. The van der Waals surface area contributed by atoms with Gasteiger partial charge in [-0.15, -0.1) is 0 Å². The first-order chi connectivity index (χ1) is 26.2. The van der Waals surface area contributed by atoms with Gasteiger partial charge >= 0.3 is 0 Å². The summed E-state index contributed by atoms with van der Waals surface area (Å²) >= 11 is 0. The van der Waals surface area contributed by atoms with Crippen molar-refractivity contribution in [3.63, 3.8) is 0 Å². The Morgan fingerprint density at radius 3 is 1.68 bits per heavy atom. The number of hydrogen-bond acceptors (Lipinski definition) is 3. The number of hydrogen-bond donors (Lipinski definition) is 0. The van der Waals surface area contributed by atoms with Gasteiger partial charge in [0.2, 0.25) is 0 Å². The maximum Gasteiger partial charge on any atom is 0.161 e. The highest BCUT2D eigenvalue weighted by molar-refractivity contribution is 6.06. The third-order valence-corrected chi connectivity index (χ3v) is 10.1. The zero-order chi connectivity index (χ0) is 35.1. The first-order valence-corrected chi connectivity index (χ1v) is 17.9. The first-order valence-electron chi connectivity index (χ1n) is 17.9. The Bertz CT molecular complexity index is 2940. The lowest BCUT2D eigenvalue weighted by Crippen LogP contribution is -1.98. The van der Waals surface area contributed by atoms with E-state index in [4.69, 9.17) is 14.4 Å². The second-order valence-corrected chi connectivity index (χ2v) is 13.4. The number of para-hydroxylation sites is 1. The molecule has 0 atom stereocenters. The Morgan fingerprint density at radius 2 is 0.868 bits per heavy atom. The van der Waals surface area contributed by atoms with Gasteiger partial charge in [-0.25, -0.2) is 9.97 Å². The van der Waals surface area contributed by atoms with Crippen LogP contribution in [0.25, 0.3) is 100.0 Å². The summed E-state index contributed by atoms with van der Waals surface area (Å²) in [5.41, 5.74) is 13.2. The van der Waals surface area contributed by atoms with Gasteiger partial charge < -0.3 is 4.42 Å². The summed E-state index contributed by atoms with van der Waals surface area (Å²) in [6.45, 7) is 0. The lowest BCUT2D eigenvalue weighted by molar-refractivity contribution is 0.669. The summed E-state index contributed by atoms with van der Waals surface area (Å²) in [7, 11) is 0. The summed E-state index contributed by atoms with van der Waals surface area (Å²) in [5.74, 6) is 0.681. The predicted molar refractivity (Wildman–Crippen MR) is 219 cm³/mol. The maximum atomic E-state index is 6.33. The van der Waals surface area contributed by atoms with Gasteiger partial charge in [0, 0.05) is 27.5 Å². The number of rotatable bonds is 6. The van der Waals surface area contributed by atoms with Gasteiger partial charge in [0.1, 0.15) is 11.2 Å². The van der Waals surface area contributed by atoms with E-state index in [2.05, 4.69) is 176 Å². The molecule has 10 aromatic rings. The van der Waals surface area contributed by atoms with Crippen molar-refractivity contribution in [2.24, 2.45) is 0 Å². The lowest BCUT2D eigenvalue weighted by Gasteiger charge is -2.15. The van der Waals surface area contributed by atoms with E-state index in [-0.39, 0.29) is 0 Å². The number of benzene rings is 8. The van der Waals surface area contributed by atoms with Crippen LogP contribution >= 0.6 is 0 Å². The van der Waals surface area contributed by atoms with E-state index in [1.165, 1.54) is 10.8 Å². The molecule has 0 unspecified atom stereocenters. The molecule has 0 aliphatic rings. The first kappa shape index (κ1) is 30.7. The molecular weight excluding hydrogens is 645 g/mol. The van der Waals surface area contributed by atoms with Gasteiger partial charge in [-0.05, 0) is 86.6 Å². The summed E-state index contributed by atoms with van der Waals surface area (Å²) in [4.78, 5) is 10.6. The summed E-state index contributed by atoms with van der Waals surface area (Å²) < 4.78 is 6.33. The Morgan fingerprint density at radius 1 is 0.302 bits per heavy atom. The molecule has 53 heavy (non-hydrogen) atoms. The van der Waals surface area contributed by atoms with Gasteiger partial charge in [0.05, 0.1) is 11.4 Å². The molecule has 0 N–H and O–H groups in total. The quantitative estimate of drug-likeness (QED) is 0.176. The van der Waals surface area contributed by atoms with Gasteiger partial charge in [0.15, 0.2) is 5.82 Å². The van der Waals surface area contributed by atoms with Crippen LogP contribution in [0, 0.1) is 0 Å². The van der Waals surface area contributed by atoms with E-state index < -0.39 is 0 Å². The highest BCUT2D eigenvalue weighted by atomic mass is 16.3. The molecule has 0 bridgehead atoms. The van der Waals surface area contributed by atoms with E-state index in [1.807, 2.05) is 18.2 Å². The standard InChI is InChI=1S/C50H32N2O/c1-3-14-33(15-4-1)37-28-38(36-26-27-44-43-22-11-12-25-48(43)53-49(44)31-36)30-39(29-37)47-32-46(35-17-5-2-6-18-35)51-50(52-47)45-23-10-9-21-42(45)41-24-13-19-34-16-7-8-20-40(34)41/h1-32H. The predicted octanol–water partition coefficient (Wildman–Crippen LogP) is 13.5. The minimum Gasteiger partial charge on any atom is -0.456 e. The molecule has 0 spiro atoms. The Balaban J connectivity index is 1.19. The van der Waals surface area contributed by atoms with Crippen LogP contribution in [0.1, 0.15) is 0 Å². The van der Waals surface area contributed by atoms with Crippen LogP contribution in [0.3, 0.4) is 0 Å². The third kappa shape index (κ3) is 5.65. The highest BCUT2D eigenvalue weighted by Gasteiger charge is 2.17. The molecule has 0 aliphatic heterocycles. The van der Waals surface area contributed by atoms with Crippen molar-refractivity contribution in [1.29, 1.82) is 0 Å². The van der Waals surface area contributed by atoms with Gasteiger partial charge in [-0.1, -0.05) is 152 Å². The molecule has 0 amide bonds. The SMILES string of the molecule is c1ccc(-c2cc(-c3ccc4c(c3)oc3ccccc34)cc(-c3cc(-c4ccccc4)nc(-c4ccccc4-c4cccc5ccccc45)n3)c2)cc1. The maximum absolute atomic E-state index is 6.33. The lowest BCUT2D eigenvalue weighted by atomic mass is 9.93. The van der Waals surface area contributed by atoms with Crippen LogP contribution in [0.5, 0.6) is 0 Å². The van der Waals surface area contributed by atoms with Crippen LogP contribution in [0.4, 0.5) is 0 Å². The number of fused-ring (bicyclic) bond motifs is 4. The zero-order valence-corrected chi connectivity index (χ0v) is 28.8. The van der Waals surface area contributed by atoms with Gasteiger partial charge in [-0.2, -0.15) is 0 Å². The molecule has 2 heterocycles. The van der Waals surface area contributed by atoms with E-state index in [9.17, 15) is 0 Å². The van der Waals surface area contributed by atoms with Gasteiger partial charge in [-0.3, -0.25) is 0 Å². The van der Waals surface area contributed by atoms with Crippen molar-refractivity contribution in [1.82, 2.24) is 9.97 Å². The van der Waals surface area contributed by atoms with Crippen molar-refractivity contribution in [3.05, 3.63) is 194 Å². The minimum absolute atomic E-state index is 0.681. The second-order valence-electron chi connectivity index (χ2n) is 13.4. The van der Waals surface area contributed by atoms with Gasteiger partial charge in [0.25, 0.3) is 0 Å². The van der Waals surface area contributed by atoms with Crippen LogP contribution in [-0.2, 0) is 0 Å². The number of aromatic nitrogens is 2. The monoisotopic (exact) mass is 676 g/mol. The molecule has 8 aromatic carbocycles. The van der Waals surface area contributed by atoms with E-state index in [0.717, 1.165) is 83.4 Å². The fourth-order valence-electron chi connectivity index (χ4n) is 7.49. The summed E-state index contributed by atoms with van der Waals surface area (Å²) in [6.07, 6.45) is 0. The average Bonchev–Trinajstić information content (AvgIpc) is 3.62. The fourth-order valence-corrected chi connectivity index (χ4v) is 7.49. The van der Waals surface area contributed by atoms with E-state index >= 15 is 0 Å². The highest BCUT2D eigenvalue weighted by Crippen LogP contribution is 2.39.